The first-order chi connectivity index (χ1) is 19.1. The number of rotatable bonds is 6. The van der Waals surface area contributed by atoms with Crippen LogP contribution in [0.4, 0.5) is 5.69 Å². The summed E-state index contributed by atoms with van der Waals surface area (Å²) >= 11 is 0. The molecule has 3 aromatic carbocycles. The standard InChI is InChI=1S/C30H38N4O4S2.ClH/c1-25-13-15-29(16-14-25)39(35,36)33-19-7-17-32(24-27-9-4-3-5-10-27)18-8-20-34(23-26(2)22-33)40(37,38)30-12-6-11-28(31)21-30;/h3-6,9-16,21H,2,7-8,17-20,22-24,31H2,1H3;1H. The van der Waals surface area contributed by atoms with Crippen LogP contribution in [0, 0.1) is 6.92 Å². The number of aryl methyl sites for hydroxylation is 1. The summed E-state index contributed by atoms with van der Waals surface area (Å²) in [6.07, 6.45) is 1.25. The van der Waals surface area contributed by atoms with Crippen LogP contribution in [0.15, 0.2) is 101 Å². The lowest BCUT2D eigenvalue weighted by atomic mass is 10.2. The normalized spacial score (nSPS) is 17.2. The molecule has 0 amide bonds. The molecule has 3 aromatic rings. The van der Waals surface area contributed by atoms with Gasteiger partial charge in [0.2, 0.25) is 20.0 Å². The van der Waals surface area contributed by atoms with Gasteiger partial charge in [-0.05, 0) is 74.3 Å². The van der Waals surface area contributed by atoms with Gasteiger partial charge in [0.15, 0.2) is 0 Å². The SMILES string of the molecule is C=C1CN(S(=O)(=O)c2ccc(C)cc2)CCCN(Cc2ccccc2)CCCN(S(=O)(=O)c2cccc(N)c2)C1.Cl. The highest BCUT2D eigenvalue weighted by molar-refractivity contribution is 7.89. The zero-order valence-corrected chi connectivity index (χ0v) is 25.8. The van der Waals surface area contributed by atoms with Crippen molar-refractivity contribution in [2.45, 2.75) is 36.1 Å². The van der Waals surface area contributed by atoms with E-state index in [4.69, 9.17) is 5.73 Å². The van der Waals surface area contributed by atoms with Crippen LogP contribution < -0.4 is 5.73 Å². The van der Waals surface area contributed by atoms with Gasteiger partial charge >= 0.3 is 0 Å². The van der Waals surface area contributed by atoms with Crippen LogP contribution in [0.3, 0.4) is 0 Å². The van der Waals surface area contributed by atoms with Gasteiger partial charge in [-0.25, -0.2) is 16.8 Å². The molecule has 1 heterocycles. The predicted molar refractivity (Wildman–Crippen MR) is 167 cm³/mol. The Kier molecular flexibility index (Phi) is 11.5. The van der Waals surface area contributed by atoms with Crippen molar-refractivity contribution in [2.24, 2.45) is 0 Å². The number of hydrogen-bond acceptors (Lipinski definition) is 6. The molecular formula is C30H39ClN4O4S2. The molecular weight excluding hydrogens is 580 g/mol. The van der Waals surface area contributed by atoms with Crippen molar-refractivity contribution in [3.63, 3.8) is 0 Å². The first kappa shape index (κ1) is 32.8. The van der Waals surface area contributed by atoms with Crippen molar-refractivity contribution in [3.8, 4) is 0 Å². The van der Waals surface area contributed by atoms with Crippen LogP contribution in [0.25, 0.3) is 0 Å². The fraction of sp³-hybridized carbons (Fsp3) is 0.333. The molecule has 0 unspecified atom stereocenters. The van der Waals surface area contributed by atoms with E-state index in [0.29, 0.717) is 50.3 Å². The predicted octanol–water partition coefficient (Wildman–Crippen LogP) is 4.53. The maximum Gasteiger partial charge on any atom is 0.243 e. The van der Waals surface area contributed by atoms with Crippen LogP contribution >= 0.6 is 12.4 Å². The fourth-order valence-corrected chi connectivity index (χ4v) is 7.91. The van der Waals surface area contributed by atoms with Crippen molar-refractivity contribution in [3.05, 3.63) is 102 Å². The topological polar surface area (TPSA) is 104 Å². The molecule has 4 rings (SSSR count). The molecule has 0 atom stereocenters. The van der Waals surface area contributed by atoms with E-state index in [2.05, 4.69) is 23.6 Å². The minimum Gasteiger partial charge on any atom is -0.399 e. The number of halogens is 1. The summed E-state index contributed by atoms with van der Waals surface area (Å²) in [5, 5.41) is 0. The molecule has 1 saturated heterocycles. The molecule has 8 nitrogen and oxygen atoms in total. The second kappa shape index (κ2) is 14.4. The molecule has 0 saturated carbocycles. The van der Waals surface area contributed by atoms with Gasteiger partial charge in [0.1, 0.15) is 0 Å². The lowest BCUT2D eigenvalue weighted by Crippen LogP contribution is -2.41. The summed E-state index contributed by atoms with van der Waals surface area (Å²) in [5.74, 6) is 0. The maximum absolute atomic E-state index is 13.7. The van der Waals surface area contributed by atoms with E-state index in [1.165, 1.54) is 20.7 Å². The van der Waals surface area contributed by atoms with Crippen molar-refractivity contribution in [1.29, 1.82) is 0 Å². The van der Waals surface area contributed by atoms with Gasteiger partial charge in [-0.15, -0.1) is 12.4 Å². The van der Waals surface area contributed by atoms with E-state index in [-0.39, 0.29) is 41.8 Å². The molecule has 0 radical (unpaired) electrons. The highest BCUT2D eigenvalue weighted by atomic mass is 35.5. The molecule has 0 aromatic heterocycles. The Hall–Kier alpha value is -2.73. The van der Waals surface area contributed by atoms with E-state index < -0.39 is 20.0 Å². The van der Waals surface area contributed by atoms with Crippen LogP contribution in [-0.2, 0) is 26.6 Å². The summed E-state index contributed by atoms with van der Waals surface area (Å²) in [6.45, 7) is 8.65. The number of nitrogens with two attached hydrogens (primary N) is 1. The number of hydrogen-bond donors (Lipinski definition) is 1. The third kappa shape index (κ3) is 8.64. The number of sulfonamides is 2. The van der Waals surface area contributed by atoms with Crippen molar-refractivity contribution in [2.75, 3.05) is 45.0 Å². The van der Waals surface area contributed by atoms with E-state index in [1.54, 1.807) is 36.4 Å². The molecule has 222 valence electrons. The number of anilines is 1. The summed E-state index contributed by atoms with van der Waals surface area (Å²) in [7, 11) is -7.70. The van der Waals surface area contributed by atoms with E-state index in [9.17, 15) is 16.8 Å². The van der Waals surface area contributed by atoms with Gasteiger partial charge in [0, 0.05) is 38.4 Å². The highest BCUT2D eigenvalue weighted by Crippen LogP contribution is 2.23. The quantitative estimate of drug-likeness (QED) is 0.322. The summed E-state index contributed by atoms with van der Waals surface area (Å²) in [6, 6.07) is 23.1. The van der Waals surface area contributed by atoms with Gasteiger partial charge in [-0.1, -0.05) is 60.7 Å². The fourth-order valence-electron chi connectivity index (χ4n) is 4.85. The van der Waals surface area contributed by atoms with Crippen LogP contribution in [0.2, 0.25) is 0 Å². The summed E-state index contributed by atoms with van der Waals surface area (Å²) < 4.78 is 57.6. The number of nitrogens with zero attached hydrogens (tertiary/aromatic N) is 3. The van der Waals surface area contributed by atoms with Gasteiger partial charge in [-0.3, -0.25) is 4.90 Å². The third-order valence-electron chi connectivity index (χ3n) is 6.97. The Bertz CT molecular complexity index is 1520. The Balaban J connectivity index is 0.00000462. The van der Waals surface area contributed by atoms with E-state index in [1.807, 2.05) is 25.1 Å². The first-order valence-corrected chi connectivity index (χ1v) is 16.3. The summed E-state index contributed by atoms with van der Waals surface area (Å²) in [5.41, 5.74) is 8.88. The molecule has 41 heavy (non-hydrogen) atoms. The van der Waals surface area contributed by atoms with Gasteiger partial charge in [-0.2, -0.15) is 8.61 Å². The minimum atomic E-state index is -3.89. The lowest BCUT2D eigenvalue weighted by Gasteiger charge is -2.30. The second-order valence-corrected chi connectivity index (χ2v) is 14.2. The Labute approximate surface area is 251 Å². The summed E-state index contributed by atoms with van der Waals surface area (Å²) in [4.78, 5) is 2.58. The van der Waals surface area contributed by atoms with Crippen molar-refractivity contribution < 1.29 is 16.8 Å². The smallest absolute Gasteiger partial charge is 0.243 e. The first-order valence-electron chi connectivity index (χ1n) is 13.4. The average Bonchev–Trinajstić information content (AvgIpc) is 2.91. The van der Waals surface area contributed by atoms with Crippen LogP contribution in [-0.4, -0.2) is 69.6 Å². The molecule has 1 aliphatic heterocycles. The van der Waals surface area contributed by atoms with E-state index in [0.717, 1.165) is 11.1 Å². The molecule has 11 heteroatoms. The van der Waals surface area contributed by atoms with Gasteiger partial charge < -0.3 is 5.73 Å². The van der Waals surface area contributed by atoms with Crippen LogP contribution in [0.5, 0.6) is 0 Å². The second-order valence-electron chi connectivity index (χ2n) is 10.3. The lowest BCUT2D eigenvalue weighted by molar-refractivity contribution is 0.238. The van der Waals surface area contributed by atoms with E-state index >= 15 is 0 Å². The molecule has 0 spiro atoms. The van der Waals surface area contributed by atoms with Crippen LogP contribution in [0.1, 0.15) is 24.0 Å². The highest BCUT2D eigenvalue weighted by Gasteiger charge is 2.29. The minimum absolute atomic E-state index is 0. The molecule has 2 N–H and O–H groups in total. The number of benzene rings is 3. The van der Waals surface area contributed by atoms with Crippen molar-refractivity contribution >= 4 is 38.1 Å². The zero-order valence-electron chi connectivity index (χ0n) is 23.4. The Morgan fingerprint density at radius 3 is 1.85 bits per heavy atom. The largest absolute Gasteiger partial charge is 0.399 e. The average molecular weight is 619 g/mol. The zero-order chi connectivity index (χ0) is 28.8. The Morgan fingerprint density at radius 2 is 1.29 bits per heavy atom. The maximum atomic E-state index is 13.7. The van der Waals surface area contributed by atoms with Gasteiger partial charge in [0.25, 0.3) is 0 Å². The Morgan fingerprint density at radius 1 is 0.732 bits per heavy atom. The third-order valence-corrected chi connectivity index (χ3v) is 10.7. The molecule has 1 fully saturated rings. The molecule has 0 aliphatic carbocycles. The molecule has 1 aliphatic rings. The van der Waals surface area contributed by atoms with Crippen molar-refractivity contribution in [1.82, 2.24) is 13.5 Å². The number of nitrogen functional groups attached to an aromatic ring is 1. The molecule has 0 bridgehead atoms. The van der Waals surface area contributed by atoms with Gasteiger partial charge in [0.05, 0.1) is 9.79 Å². The monoisotopic (exact) mass is 618 g/mol.